The van der Waals surface area contributed by atoms with Gasteiger partial charge in [0.25, 0.3) is 0 Å². The molecule has 0 radical (unpaired) electrons. The summed E-state index contributed by atoms with van der Waals surface area (Å²) in [6.07, 6.45) is 0. The van der Waals surface area contributed by atoms with Crippen molar-refractivity contribution in [3.05, 3.63) is 58.6 Å². The summed E-state index contributed by atoms with van der Waals surface area (Å²) < 4.78 is 31.3. The topological polar surface area (TPSA) is 67.8 Å². The Bertz CT molecular complexity index is 677. The molecule has 0 atom stereocenters. The molecule has 0 aliphatic rings. The van der Waals surface area contributed by atoms with Crippen LogP contribution < -0.4 is 10.5 Å². The molecular weight excluding hydrogens is 290 g/mol. The van der Waals surface area contributed by atoms with Crippen molar-refractivity contribution in [2.45, 2.75) is 0 Å². The minimum absolute atomic E-state index is 0.0538. The molecule has 2 rings (SSSR count). The molecule has 7 heteroatoms. The Morgan fingerprint density at radius 2 is 1.90 bits per heavy atom. The van der Waals surface area contributed by atoms with Crippen LogP contribution in [0.5, 0.6) is 11.5 Å². The molecule has 0 spiro atoms. The van der Waals surface area contributed by atoms with Gasteiger partial charge in [0.2, 0.25) is 0 Å². The molecule has 4 nitrogen and oxygen atoms in total. The van der Waals surface area contributed by atoms with E-state index in [1.165, 1.54) is 24.3 Å². The van der Waals surface area contributed by atoms with Gasteiger partial charge in [-0.2, -0.15) is 0 Å². The Morgan fingerprint density at radius 1 is 1.15 bits per heavy atom. The van der Waals surface area contributed by atoms with E-state index in [0.717, 1.165) is 12.1 Å². The average molecular weight is 299 g/mol. The van der Waals surface area contributed by atoms with Crippen LogP contribution in [0.1, 0.15) is 5.56 Å². The summed E-state index contributed by atoms with van der Waals surface area (Å²) in [5.41, 5.74) is 5.76. The molecule has 0 fully saturated rings. The lowest BCUT2D eigenvalue weighted by Gasteiger charge is -2.11. The van der Waals surface area contributed by atoms with Crippen LogP contribution in [0.15, 0.2) is 41.6 Å². The summed E-state index contributed by atoms with van der Waals surface area (Å²) >= 11 is 5.83. The van der Waals surface area contributed by atoms with Gasteiger partial charge in [0.05, 0.1) is 5.56 Å². The van der Waals surface area contributed by atoms with Gasteiger partial charge < -0.3 is 15.7 Å². The van der Waals surface area contributed by atoms with E-state index in [0.29, 0.717) is 5.02 Å². The number of halogens is 3. The molecule has 2 aromatic rings. The summed E-state index contributed by atoms with van der Waals surface area (Å²) in [6, 6.07) is 7.47. The molecule has 0 unspecified atom stereocenters. The van der Waals surface area contributed by atoms with Crippen LogP contribution in [0, 0.1) is 11.6 Å². The number of hydrogen-bond donors (Lipinski definition) is 2. The van der Waals surface area contributed by atoms with Crippen molar-refractivity contribution in [1.29, 1.82) is 0 Å². The van der Waals surface area contributed by atoms with Crippen molar-refractivity contribution < 1.29 is 18.7 Å². The van der Waals surface area contributed by atoms with E-state index >= 15 is 0 Å². The molecule has 0 aliphatic carbocycles. The predicted octanol–water partition coefficient (Wildman–Crippen LogP) is 3.51. The van der Waals surface area contributed by atoms with E-state index < -0.39 is 11.6 Å². The van der Waals surface area contributed by atoms with E-state index in [2.05, 4.69) is 5.16 Å². The van der Waals surface area contributed by atoms with Gasteiger partial charge in [0.15, 0.2) is 17.5 Å². The number of nitrogens with zero attached hydrogens (tertiary/aromatic N) is 1. The Hall–Kier alpha value is -2.34. The molecule has 104 valence electrons. The first-order chi connectivity index (χ1) is 9.51. The van der Waals surface area contributed by atoms with E-state index in [4.69, 9.17) is 27.3 Å². The average Bonchev–Trinajstić information content (AvgIpc) is 2.42. The summed E-state index contributed by atoms with van der Waals surface area (Å²) in [7, 11) is 0. The van der Waals surface area contributed by atoms with Crippen molar-refractivity contribution in [3.63, 3.8) is 0 Å². The van der Waals surface area contributed by atoms with Crippen molar-refractivity contribution in [3.8, 4) is 11.5 Å². The standard InChI is InChI=1S/C13H9ClF2N2O2/c14-7-1-3-9(13(17)18-19)12(5-7)20-8-2-4-10(15)11(16)6-8/h1-6,19H,(H2,17,18). The van der Waals surface area contributed by atoms with Gasteiger partial charge in [-0.1, -0.05) is 16.8 Å². The van der Waals surface area contributed by atoms with Crippen molar-refractivity contribution in [1.82, 2.24) is 0 Å². The number of amidine groups is 1. The van der Waals surface area contributed by atoms with E-state index in [1.807, 2.05) is 0 Å². The Kier molecular flexibility index (Phi) is 4.05. The zero-order valence-corrected chi connectivity index (χ0v) is 10.7. The van der Waals surface area contributed by atoms with Gasteiger partial charge in [-0.3, -0.25) is 0 Å². The first-order valence-electron chi connectivity index (χ1n) is 5.41. The summed E-state index contributed by atoms with van der Waals surface area (Å²) in [4.78, 5) is 0. The lowest BCUT2D eigenvalue weighted by molar-refractivity contribution is 0.318. The number of benzene rings is 2. The zero-order valence-electron chi connectivity index (χ0n) is 9.98. The molecule has 0 aliphatic heterocycles. The molecule has 3 N–H and O–H groups in total. The summed E-state index contributed by atoms with van der Waals surface area (Å²) in [6.45, 7) is 0. The van der Waals surface area contributed by atoms with Crippen LogP contribution >= 0.6 is 11.6 Å². The maximum Gasteiger partial charge on any atom is 0.173 e. The maximum atomic E-state index is 13.1. The summed E-state index contributed by atoms with van der Waals surface area (Å²) in [5.74, 6) is -2.02. The largest absolute Gasteiger partial charge is 0.456 e. The summed E-state index contributed by atoms with van der Waals surface area (Å²) in [5, 5.41) is 11.9. The third kappa shape index (κ3) is 2.97. The van der Waals surface area contributed by atoms with Crippen LogP contribution in [0.2, 0.25) is 5.02 Å². The number of oxime groups is 1. The van der Waals surface area contributed by atoms with Gasteiger partial charge >= 0.3 is 0 Å². The molecule has 0 saturated carbocycles. The number of hydrogen-bond acceptors (Lipinski definition) is 3. The molecular formula is C13H9ClF2N2O2. The molecule has 0 amide bonds. The van der Waals surface area contributed by atoms with Crippen molar-refractivity contribution in [2.75, 3.05) is 0 Å². The number of rotatable bonds is 3. The monoisotopic (exact) mass is 298 g/mol. The van der Waals surface area contributed by atoms with Gasteiger partial charge in [-0.05, 0) is 24.3 Å². The second-order valence-electron chi connectivity index (χ2n) is 3.80. The quantitative estimate of drug-likeness (QED) is 0.394. The second kappa shape index (κ2) is 5.75. The minimum atomic E-state index is -1.05. The van der Waals surface area contributed by atoms with Crippen LogP contribution in [-0.4, -0.2) is 11.0 Å². The lowest BCUT2D eigenvalue weighted by atomic mass is 10.2. The predicted molar refractivity (Wildman–Crippen MR) is 70.4 cm³/mol. The van der Waals surface area contributed by atoms with Crippen molar-refractivity contribution in [2.24, 2.45) is 10.9 Å². The molecule has 0 saturated heterocycles. The Labute approximate surface area is 118 Å². The third-order valence-electron chi connectivity index (χ3n) is 2.45. The zero-order chi connectivity index (χ0) is 14.7. The van der Waals surface area contributed by atoms with Crippen LogP contribution in [0.3, 0.4) is 0 Å². The van der Waals surface area contributed by atoms with Crippen LogP contribution in [-0.2, 0) is 0 Å². The normalized spacial score (nSPS) is 11.4. The highest BCUT2D eigenvalue weighted by Crippen LogP contribution is 2.29. The fourth-order valence-electron chi connectivity index (χ4n) is 1.51. The molecule has 2 aromatic carbocycles. The van der Waals surface area contributed by atoms with Crippen molar-refractivity contribution >= 4 is 17.4 Å². The number of nitrogens with two attached hydrogens (primary N) is 1. The molecule has 0 aromatic heterocycles. The second-order valence-corrected chi connectivity index (χ2v) is 4.24. The maximum absolute atomic E-state index is 13.1. The fourth-order valence-corrected chi connectivity index (χ4v) is 1.68. The first-order valence-corrected chi connectivity index (χ1v) is 5.79. The Morgan fingerprint density at radius 3 is 2.55 bits per heavy atom. The highest BCUT2D eigenvalue weighted by atomic mass is 35.5. The van der Waals surface area contributed by atoms with Crippen LogP contribution in [0.25, 0.3) is 0 Å². The van der Waals surface area contributed by atoms with E-state index in [1.54, 1.807) is 0 Å². The smallest absolute Gasteiger partial charge is 0.173 e. The fraction of sp³-hybridized carbons (Fsp3) is 0. The molecule has 0 bridgehead atoms. The van der Waals surface area contributed by atoms with Crippen LogP contribution in [0.4, 0.5) is 8.78 Å². The highest BCUT2D eigenvalue weighted by molar-refractivity contribution is 6.30. The molecule has 20 heavy (non-hydrogen) atoms. The third-order valence-corrected chi connectivity index (χ3v) is 2.68. The Balaban J connectivity index is 2.41. The van der Waals surface area contributed by atoms with E-state index in [9.17, 15) is 8.78 Å². The van der Waals surface area contributed by atoms with E-state index in [-0.39, 0.29) is 22.9 Å². The van der Waals surface area contributed by atoms with Gasteiger partial charge in [0, 0.05) is 17.2 Å². The minimum Gasteiger partial charge on any atom is -0.456 e. The number of ether oxygens (including phenoxy) is 1. The highest BCUT2D eigenvalue weighted by Gasteiger charge is 2.11. The SMILES string of the molecule is NC(=NO)c1ccc(Cl)cc1Oc1ccc(F)c(F)c1. The van der Waals surface area contributed by atoms with Gasteiger partial charge in [-0.15, -0.1) is 0 Å². The van der Waals surface area contributed by atoms with Gasteiger partial charge in [-0.25, -0.2) is 8.78 Å². The first kappa shape index (κ1) is 14.1. The molecule has 0 heterocycles. The van der Waals surface area contributed by atoms with Gasteiger partial charge in [0.1, 0.15) is 11.5 Å². The lowest BCUT2D eigenvalue weighted by Crippen LogP contribution is -2.14.